The summed E-state index contributed by atoms with van der Waals surface area (Å²) in [6, 6.07) is 11.6. The predicted octanol–water partition coefficient (Wildman–Crippen LogP) is 4.58. The Hall–Kier alpha value is -1.98. The molecule has 4 nitrogen and oxygen atoms in total. The SMILES string of the molecule is COc1cccc(CNc2nc3c(Cl)cccc3s2)c1OC. The van der Waals surface area contributed by atoms with Gasteiger partial charge in [-0.2, -0.15) is 0 Å². The number of hydrogen-bond acceptors (Lipinski definition) is 5. The monoisotopic (exact) mass is 334 g/mol. The second kappa shape index (κ2) is 6.42. The fourth-order valence-corrected chi connectivity index (χ4v) is 3.42. The molecule has 0 saturated heterocycles. The van der Waals surface area contributed by atoms with Crippen molar-refractivity contribution in [2.75, 3.05) is 19.5 Å². The lowest BCUT2D eigenvalue weighted by Gasteiger charge is -2.12. The van der Waals surface area contributed by atoms with Crippen LogP contribution in [0.4, 0.5) is 5.13 Å². The van der Waals surface area contributed by atoms with E-state index in [4.69, 9.17) is 21.1 Å². The van der Waals surface area contributed by atoms with Crippen molar-refractivity contribution < 1.29 is 9.47 Å². The third-order valence-electron chi connectivity index (χ3n) is 3.28. The first kappa shape index (κ1) is 14.9. The van der Waals surface area contributed by atoms with E-state index in [1.54, 1.807) is 25.6 Å². The van der Waals surface area contributed by atoms with Gasteiger partial charge in [0.2, 0.25) is 0 Å². The van der Waals surface area contributed by atoms with Gasteiger partial charge in [-0.3, -0.25) is 0 Å². The Morgan fingerprint density at radius 1 is 1.14 bits per heavy atom. The van der Waals surface area contributed by atoms with Crippen LogP contribution in [0.3, 0.4) is 0 Å². The molecular formula is C16H15ClN2O2S. The zero-order valence-corrected chi connectivity index (χ0v) is 13.8. The Bertz CT molecular complexity index is 804. The maximum atomic E-state index is 6.15. The predicted molar refractivity (Wildman–Crippen MR) is 91.5 cm³/mol. The van der Waals surface area contributed by atoms with Crippen LogP contribution in [0.25, 0.3) is 10.2 Å². The zero-order chi connectivity index (χ0) is 15.5. The molecule has 6 heteroatoms. The van der Waals surface area contributed by atoms with E-state index in [2.05, 4.69) is 10.3 Å². The van der Waals surface area contributed by atoms with Gasteiger partial charge in [-0.15, -0.1) is 0 Å². The highest BCUT2D eigenvalue weighted by atomic mass is 35.5. The summed E-state index contributed by atoms with van der Waals surface area (Å²) in [5, 5.41) is 4.81. The van der Waals surface area contributed by atoms with E-state index < -0.39 is 0 Å². The summed E-state index contributed by atoms with van der Waals surface area (Å²) < 4.78 is 11.8. The highest BCUT2D eigenvalue weighted by Crippen LogP contribution is 2.33. The summed E-state index contributed by atoms with van der Waals surface area (Å²) in [6.45, 7) is 0.595. The van der Waals surface area contributed by atoms with Gasteiger partial charge < -0.3 is 14.8 Å². The highest BCUT2D eigenvalue weighted by Gasteiger charge is 2.11. The smallest absolute Gasteiger partial charge is 0.184 e. The van der Waals surface area contributed by atoms with Crippen LogP contribution in [0, 0.1) is 0 Å². The minimum atomic E-state index is 0.595. The van der Waals surface area contributed by atoms with Crippen molar-refractivity contribution in [3.8, 4) is 11.5 Å². The molecule has 3 rings (SSSR count). The lowest BCUT2D eigenvalue weighted by atomic mass is 10.2. The average molecular weight is 335 g/mol. The molecule has 2 aromatic carbocycles. The van der Waals surface area contributed by atoms with Crippen LogP contribution in [0.5, 0.6) is 11.5 Å². The van der Waals surface area contributed by atoms with Crippen molar-refractivity contribution in [3.05, 3.63) is 47.0 Å². The Morgan fingerprint density at radius 2 is 1.95 bits per heavy atom. The maximum absolute atomic E-state index is 6.15. The number of methoxy groups -OCH3 is 2. The van der Waals surface area contributed by atoms with Gasteiger partial charge in [-0.05, 0) is 18.2 Å². The fraction of sp³-hybridized carbons (Fsp3) is 0.188. The molecule has 0 aliphatic rings. The van der Waals surface area contributed by atoms with Gasteiger partial charge in [-0.25, -0.2) is 4.98 Å². The average Bonchev–Trinajstić information content (AvgIpc) is 2.97. The molecule has 1 heterocycles. The fourth-order valence-electron chi connectivity index (χ4n) is 2.25. The van der Waals surface area contributed by atoms with Crippen molar-refractivity contribution in [2.45, 2.75) is 6.54 Å². The number of benzene rings is 2. The molecular weight excluding hydrogens is 320 g/mol. The Balaban J connectivity index is 1.83. The minimum absolute atomic E-state index is 0.595. The zero-order valence-electron chi connectivity index (χ0n) is 12.2. The third-order valence-corrected chi connectivity index (χ3v) is 4.57. The minimum Gasteiger partial charge on any atom is -0.493 e. The maximum Gasteiger partial charge on any atom is 0.184 e. The molecule has 1 aromatic heterocycles. The summed E-state index contributed by atoms with van der Waals surface area (Å²) in [4.78, 5) is 4.53. The summed E-state index contributed by atoms with van der Waals surface area (Å²) in [5.41, 5.74) is 1.83. The largest absolute Gasteiger partial charge is 0.493 e. The van der Waals surface area contributed by atoms with Crippen LogP contribution in [0.15, 0.2) is 36.4 Å². The normalized spacial score (nSPS) is 10.7. The Morgan fingerprint density at radius 3 is 2.68 bits per heavy atom. The van der Waals surface area contributed by atoms with Gasteiger partial charge in [0, 0.05) is 12.1 Å². The number of ether oxygens (including phenoxy) is 2. The van der Waals surface area contributed by atoms with Crippen molar-refractivity contribution in [1.82, 2.24) is 4.98 Å². The second-order valence-electron chi connectivity index (χ2n) is 4.61. The van der Waals surface area contributed by atoms with Crippen LogP contribution in [0.2, 0.25) is 5.02 Å². The van der Waals surface area contributed by atoms with E-state index in [0.717, 1.165) is 26.7 Å². The first-order valence-electron chi connectivity index (χ1n) is 6.71. The topological polar surface area (TPSA) is 43.4 Å². The van der Waals surface area contributed by atoms with Gasteiger partial charge in [-0.1, -0.05) is 41.1 Å². The molecule has 0 spiro atoms. The van der Waals surface area contributed by atoms with Gasteiger partial charge >= 0.3 is 0 Å². The van der Waals surface area contributed by atoms with Crippen LogP contribution in [-0.4, -0.2) is 19.2 Å². The quantitative estimate of drug-likeness (QED) is 0.741. The van der Waals surface area contributed by atoms with Gasteiger partial charge in [0.15, 0.2) is 16.6 Å². The van der Waals surface area contributed by atoms with E-state index >= 15 is 0 Å². The number of aromatic nitrogens is 1. The second-order valence-corrected chi connectivity index (χ2v) is 6.05. The molecule has 0 atom stereocenters. The number of halogens is 1. The number of thiazole rings is 1. The molecule has 0 aliphatic carbocycles. The number of para-hydroxylation sites is 2. The highest BCUT2D eigenvalue weighted by molar-refractivity contribution is 7.22. The molecule has 0 amide bonds. The molecule has 3 aromatic rings. The number of nitrogens with zero attached hydrogens (tertiary/aromatic N) is 1. The first-order chi connectivity index (χ1) is 10.7. The van der Waals surface area contributed by atoms with Crippen molar-refractivity contribution in [2.24, 2.45) is 0 Å². The molecule has 0 radical (unpaired) electrons. The van der Waals surface area contributed by atoms with Gasteiger partial charge in [0.05, 0.1) is 23.9 Å². The molecule has 0 bridgehead atoms. The number of hydrogen-bond donors (Lipinski definition) is 1. The Labute approximate surface area is 137 Å². The number of rotatable bonds is 5. The summed E-state index contributed by atoms with van der Waals surface area (Å²) in [5.74, 6) is 1.45. The van der Waals surface area contributed by atoms with Crippen LogP contribution < -0.4 is 14.8 Å². The molecule has 114 valence electrons. The molecule has 0 saturated carbocycles. The summed E-state index contributed by atoms with van der Waals surface area (Å²) >= 11 is 7.73. The molecule has 1 N–H and O–H groups in total. The molecule has 0 unspecified atom stereocenters. The summed E-state index contributed by atoms with van der Waals surface area (Å²) in [7, 11) is 3.27. The van der Waals surface area contributed by atoms with Crippen molar-refractivity contribution in [3.63, 3.8) is 0 Å². The number of fused-ring (bicyclic) bond motifs is 1. The first-order valence-corrected chi connectivity index (χ1v) is 7.91. The third kappa shape index (κ3) is 2.82. The van der Waals surface area contributed by atoms with Crippen LogP contribution >= 0.6 is 22.9 Å². The van der Waals surface area contributed by atoms with Crippen LogP contribution in [0.1, 0.15) is 5.56 Å². The molecule has 0 aliphatic heterocycles. The standard InChI is InChI=1S/C16H15ClN2O2S/c1-20-12-7-3-5-10(15(12)21-2)9-18-16-19-14-11(17)6-4-8-13(14)22-16/h3-8H,9H2,1-2H3,(H,18,19). The van der Waals surface area contributed by atoms with E-state index in [1.165, 1.54) is 0 Å². The lowest BCUT2D eigenvalue weighted by Crippen LogP contribution is -2.02. The lowest BCUT2D eigenvalue weighted by molar-refractivity contribution is 0.352. The van der Waals surface area contributed by atoms with E-state index in [9.17, 15) is 0 Å². The van der Waals surface area contributed by atoms with E-state index in [1.807, 2.05) is 36.4 Å². The van der Waals surface area contributed by atoms with E-state index in [-0.39, 0.29) is 0 Å². The van der Waals surface area contributed by atoms with Gasteiger partial charge in [0.25, 0.3) is 0 Å². The van der Waals surface area contributed by atoms with Crippen molar-refractivity contribution >= 4 is 38.3 Å². The number of nitrogens with one attached hydrogen (secondary N) is 1. The molecule has 0 fully saturated rings. The van der Waals surface area contributed by atoms with E-state index in [0.29, 0.717) is 17.3 Å². The number of anilines is 1. The molecule has 22 heavy (non-hydrogen) atoms. The van der Waals surface area contributed by atoms with Crippen molar-refractivity contribution in [1.29, 1.82) is 0 Å². The summed E-state index contributed by atoms with van der Waals surface area (Å²) in [6.07, 6.45) is 0. The van der Waals surface area contributed by atoms with Gasteiger partial charge in [0.1, 0.15) is 5.52 Å². The van der Waals surface area contributed by atoms with Crippen LogP contribution in [-0.2, 0) is 6.54 Å². The Kier molecular flexibility index (Phi) is 4.36.